The molecule has 0 amide bonds. The van der Waals surface area contributed by atoms with Gasteiger partial charge >= 0.3 is 0 Å². The van der Waals surface area contributed by atoms with Gasteiger partial charge in [-0.2, -0.15) is 4.31 Å². The fraction of sp³-hybridized carbons (Fsp3) is 0.889. The van der Waals surface area contributed by atoms with E-state index in [1.165, 1.54) is 5.57 Å². The van der Waals surface area contributed by atoms with Crippen LogP contribution >= 0.6 is 0 Å². The van der Waals surface area contributed by atoms with Crippen molar-refractivity contribution in [3.8, 4) is 0 Å². The van der Waals surface area contributed by atoms with E-state index in [1.54, 1.807) is 4.31 Å². The highest BCUT2D eigenvalue weighted by Gasteiger charge is 2.42. The van der Waals surface area contributed by atoms with Crippen molar-refractivity contribution < 1.29 is 8.42 Å². The van der Waals surface area contributed by atoms with Gasteiger partial charge in [-0.1, -0.05) is 32.4 Å². The summed E-state index contributed by atoms with van der Waals surface area (Å²) >= 11 is 0. The summed E-state index contributed by atoms with van der Waals surface area (Å²) in [4.78, 5) is 2.29. The molecule has 0 aromatic heterocycles. The van der Waals surface area contributed by atoms with Crippen molar-refractivity contribution in [1.82, 2.24) is 9.21 Å². The number of likely N-dealkylation sites (tertiary alicyclic amines) is 1. The Hall–Kier alpha value is -0.390. The molecule has 0 saturated carbocycles. The molecule has 0 bridgehead atoms. The molecular formula is C18H34N2O2S. The molecule has 0 aliphatic carbocycles. The number of hydrogen-bond acceptors (Lipinski definition) is 3. The largest absolute Gasteiger partial charge is 0.297 e. The third-order valence-electron chi connectivity index (χ3n) is 5.30. The van der Waals surface area contributed by atoms with E-state index in [-0.39, 0.29) is 22.2 Å². The van der Waals surface area contributed by atoms with Crippen LogP contribution in [0.15, 0.2) is 11.6 Å². The Balaban J connectivity index is 2.15. The Morgan fingerprint density at radius 1 is 1.09 bits per heavy atom. The zero-order chi connectivity index (χ0) is 17.6. The molecule has 0 radical (unpaired) electrons. The number of hydrogen-bond donors (Lipinski definition) is 0. The minimum absolute atomic E-state index is 0.0355. The van der Waals surface area contributed by atoms with Crippen molar-refractivity contribution in [2.45, 2.75) is 78.1 Å². The van der Waals surface area contributed by atoms with E-state index in [2.05, 4.69) is 52.5 Å². The summed E-state index contributed by atoms with van der Waals surface area (Å²) in [5.41, 5.74) is 1.54. The minimum atomic E-state index is -3.23. The fourth-order valence-corrected chi connectivity index (χ4v) is 5.67. The van der Waals surface area contributed by atoms with Crippen LogP contribution in [0.2, 0.25) is 0 Å². The van der Waals surface area contributed by atoms with Gasteiger partial charge in [0.05, 0.1) is 5.25 Å². The SMILES string of the molecule is CC1C=C(C(C)(C)C)CCN1S(=O)(=O)C1CCN(C(C)(C)C)C1. The number of nitrogens with zero attached hydrogens (tertiary/aromatic N) is 2. The molecule has 2 heterocycles. The molecule has 4 nitrogen and oxygen atoms in total. The van der Waals surface area contributed by atoms with E-state index >= 15 is 0 Å². The van der Waals surface area contributed by atoms with Crippen molar-refractivity contribution in [1.29, 1.82) is 0 Å². The predicted octanol–water partition coefficient (Wildman–Crippen LogP) is 3.26. The van der Waals surface area contributed by atoms with Gasteiger partial charge in [0.15, 0.2) is 0 Å². The third kappa shape index (κ3) is 3.99. The van der Waals surface area contributed by atoms with Crippen LogP contribution in [0.25, 0.3) is 0 Å². The maximum atomic E-state index is 13.1. The lowest BCUT2D eigenvalue weighted by atomic mass is 9.82. The van der Waals surface area contributed by atoms with Crippen molar-refractivity contribution in [2.75, 3.05) is 19.6 Å². The van der Waals surface area contributed by atoms with Crippen LogP contribution < -0.4 is 0 Å². The Kier molecular flexibility index (Phi) is 5.07. The Morgan fingerprint density at radius 3 is 2.13 bits per heavy atom. The van der Waals surface area contributed by atoms with E-state index < -0.39 is 10.0 Å². The molecule has 0 aromatic carbocycles. The summed E-state index contributed by atoms with van der Waals surface area (Å²) < 4.78 is 27.9. The molecule has 2 rings (SSSR count). The summed E-state index contributed by atoms with van der Waals surface area (Å²) in [6, 6.07) is -0.0355. The highest BCUT2D eigenvalue weighted by Crippen LogP contribution is 2.34. The average Bonchev–Trinajstić information content (AvgIpc) is 2.87. The second-order valence-electron chi connectivity index (χ2n) is 9.12. The zero-order valence-electron chi connectivity index (χ0n) is 15.9. The standard InChI is InChI=1S/C18H34N2O2S/c1-14-12-15(17(2,3)4)8-11-20(14)23(21,22)16-9-10-19(13-16)18(5,6)7/h12,14,16H,8-11,13H2,1-7H3. The van der Waals surface area contributed by atoms with E-state index in [0.29, 0.717) is 13.1 Å². The van der Waals surface area contributed by atoms with Crippen molar-refractivity contribution >= 4 is 10.0 Å². The first-order valence-electron chi connectivity index (χ1n) is 8.80. The van der Waals surface area contributed by atoms with Crippen LogP contribution in [0.5, 0.6) is 0 Å². The zero-order valence-corrected chi connectivity index (χ0v) is 16.7. The first kappa shape index (κ1) is 18.9. The van der Waals surface area contributed by atoms with Gasteiger partial charge < -0.3 is 0 Å². The van der Waals surface area contributed by atoms with Crippen LogP contribution in [0.3, 0.4) is 0 Å². The average molecular weight is 343 g/mol. The molecule has 0 aromatic rings. The molecule has 2 atom stereocenters. The van der Waals surface area contributed by atoms with E-state index in [9.17, 15) is 8.42 Å². The van der Waals surface area contributed by atoms with Gasteiger partial charge in [-0.3, -0.25) is 4.90 Å². The van der Waals surface area contributed by atoms with E-state index in [1.807, 2.05) is 6.92 Å². The lowest BCUT2D eigenvalue weighted by Crippen LogP contribution is -2.48. The fourth-order valence-electron chi connectivity index (χ4n) is 3.65. The molecule has 2 unspecified atom stereocenters. The lowest BCUT2D eigenvalue weighted by Gasteiger charge is -2.37. The molecule has 2 aliphatic rings. The normalized spacial score (nSPS) is 28.9. The smallest absolute Gasteiger partial charge is 0.218 e. The van der Waals surface area contributed by atoms with Crippen LogP contribution in [0, 0.1) is 5.41 Å². The monoisotopic (exact) mass is 342 g/mol. The second-order valence-corrected chi connectivity index (χ2v) is 11.3. The first-order chi connectivity index (χ1) is 10.3. The summed E-state index contributed by atoms with van der Waals surface area (Å²) in [6.45, 7) is 17.2. The van der Waals surface area contributed by atoms with Gasteiger partial charge in [-0.05, 0) is 46.0 Å². The van der Waals surface area contributed by atoms with Crippen LogP contribution in [0.1, 0.15) is 61.3 Å². The molecule has 1 fully saturated rings. The van der Waals surface area contributed by atoms with Crippen molar-refractivity contribution in [3.05, 3.63) is 11.6 Å². The van der Waals surface area contributed by atoms with Crippen molar-refractivity contribution in [3.63, 3.8) is 0 Å². The predicted molar refractivity (Wildman–Crippen MR) is 97.0 cm³/mol. The van der Waals surface area contributed by atoms with E-state index in [4.69, 9.17) is 0 Å². The quantitative estimate of drug-likeness (QED) is 0.723. The minimum Gasteiger partial charge on any atom is -0.297 e. The number of sulfonamides is 1. The van der Waals surface area contributed by atoms with Gasteiger partial charge in [0.2, 0.25) is 10.0 Å². The van der Waals surface area contributed by atoms with Gasteiger partial charge in [0.25, 0.3) is 0 Å². The third-order valence-corrected chi connectivity index (χ3v) is 7.70. The molecule has 0 spiro atoms. The summed E-state index contributed by atoms with van der Waals surface area (Å²) in [5, 5.41) is -0.256. The summed E-state index contributed by atoms with van der Waals surface area (Å²) in [6.07, 6.45) is 3.76. The van der Waals surface area contributed by atoms with Gasteiger partial charge in [-0.15, -0.1) is 0 Å². The highest BCUT2D eigenvalue weighted by atomic mass is 32.2. The lowest BCUT2D eigenvalue weighted by molar-refractivity contribution is 0.175. The topological polar surface area (TPSA) is 40.6 Å². The van der Waals surface area contributed by atoms with Crippen LogP contribution in [0.4, 0.5) is 0 Å². The Labute approximate surface area is 143 Å². The molecular weight excluding hydrogens is 308 g/mol. The highest BCUT2D eigenvalue weighted by molar-refractivity contribution is 7.89. The van der Waals surface area contributed by atoms with Crippen LogP contribution in [-0.4, -0.2) is 54.1 Å². The molecule has 0 N–H and O–H groups in total. The number of rotatable bonds is 2. The van der Waals surface area contributed by atoms with Gasteiger partial charge in [0.1, 0.15) is 0 Å². The molecule has 134 valence electrons. The van der Waals surface area contributed by atoms with Gasteiger partial charge in [-0.25, -0.2) is 8.42 Å². The Morgan fingerprint density at radius 2 is 1.70 bits per heavy atom. The summed E-state index contributed by atoms with van der Waals surface area (Å²) in [7, 11) is -3.23. The molecule has 5 heteroatoms. The van der Waals surface area contributed by atoms with E-state index in [0.717, 1.165) is 19.4 Å². The maximum Gasteiger partial charge on any atom is 0.218 e. The molecule has 1 saturated heterocycles. The second kappa shape index (κ2) is 6.16. The first-order valence-corrected chi connectivity index (χ1v) is 10.3. The summed E-state index contributed by atoms with van der Waals surface area (Å²) in [5.74, 6) is 0. The Bertz CT molecular complexity index is 567. The molecule has 2 aliphatic heterocycles. The molecule has 23 heavy (non-hydrogen) atoms. The van der Waals surface area contributed by atoms with Crippen LogP contribution in [-0.2, 0) is 10.0 Å². The maximum absolute atomic E-state index is 13.1. The van der Waals surface area contributed by atoms with Gasteiger partial charge in [0, 0.05) is 31.2 Å². The van der Waals surface area contributed by atoms with Crippen molar-refractivity contribution in [2.24, 2.45) is 5.41 Å².